The molecule has 2 aromatic heterocycles. The smallest absolute Gasteiger partial charge is 0.152 e. The molecule has 5 heteroatoms. The molecule has 0 aliphatic heterocycles. The number of hydrogen-bond acceptors (Lipinski definition) is 2. The minimum atomic E-state index is 0.458. The van der Waals surface area contributed by atoms with Crippen molar-refractivity contribution >= 4 is 28.8 Å². The van der Waals surface area contributed by atoms with Gasteiger partial charge in [0.2, 0.25) is 0 Å². The van der Waals surface area contributed by atoms with E-state index in [9.17, 15) is 5.26 Å². The Morgan fingerprint density at radius 1 is 1.00 bits per heavy atom. The molecule has 19 heavy (non-hydrogen) atoms. The monoisotopic (exact) mass is 287 g/mol. The van der Waals surface area contributed by atoms with Crippen LogP contribution in [0, 0.1) is 11.3 Å². The first-order valence-corrected chi connectivity index (χ1v) is 6.28. The number of benzene rings is 1. The molecular formula is C14H7Cl2N3. The molecule has 2 heterocycles. The molecule has 0 unspecified atom stereocenters. The predicted molar refractivity (Wildman–Crippen MR) is 75.4 cm³/mol. The van der Waals surface area contributed by atoms with E-state index in [1.807, 2.05) is 12.1 Å². The molecule has 3 rings (SSSR count). The Labute approximate surface area is 119 Å². The third kappa shape index (κ3) is 2.06. The normalized spacial score (nSPS) is 10.6. The molecular weight excluding hydrogens is 281 g/mol. The number of rotatable bonds is 1. The molecule has 0 amide bonds. The fourth-order valence-electron chi connectivity index (χ4n) is 1.93. The van der Waals surface area contributed by atoms with Crippen LogP contribution in [0.4, 0.5) is 0 Å². The van der Waals surface area contributed by atoms with E-state index in [1.165, 1.54) is 0 Å². The lowest BCUT2D eigenvalue weighted by Crippen LogP contribution is -1.88. The highest BCUT2D eigenvalue weighted by molar-refractivity contribution is 6.30. The van der Waals surface area contributed by atoms with Crippen LogP contribution in [0.2, 0.25) is 10.0 Å². The van der Waals surface area contributed by atoms with Crippen molar-refractivity contribution in [1.29, 1.82) is 5.26 Å². The van der Waals surface area contributed by atoms with Gasteiger partial charge in [-0.3, -0.25) is 4.40 Å². The van der Waals surface area contributed by atoms with Crippen LogP contribution in [0.25, 0.3) is 16.9 Å². The Kier molecular flexibility index (Phi) is 2.90. The molecule has 92 valence electrons. The Hall–Kier alpha value is -2.02. The van der Waals surface area contributed by atoms with Gasteiger partial charge >= 0.3 is 0 Å². The van der Waals surface area contributed by atoms with Crippen molar-refractivity contribution in [3.05, 3.63) is 58.3 Å². The zero-order valence-corrected chi connectivity index (χ0v) is 11.2. The summed E-state index contributed by atoms with van der Waals surface area (Å²) in [5, 5.41) is 10.5. The van der Waals surface area contributed by atoms with Crippen molar-refractivity contribution in [2.75, 3.05) is 0 Å². The van der Waals surface area contributed by atoms with Crippen LogP contribution in [0.1, 0.15) is 5.69 Å². The second kappa shape index (κ2) is 4.58. The largest absolute Gasteiger partial charge is 0.289 e. The molecule has 3 nitrogen and oxygen atoms in total. The van der Waals surface area contributed by atoms with Crippen LogP contribution in [0.3, 0.4) is 0 Å². The van der Waals surface area contributed by atoms with Gasteiger partial charge in [0, 0.05) is 16.8 Å². The van der Waals surface area contributed by atoms with Gasteiger partial charge in [-0.05, 0) is 24.3 Å². The molecule has 0 saturated heterocycles. The van der Waals surface area contributed by atoms with Gasteiger partial charge in [-0.1, -0.05) is 35.3 Å². The van der Waals surface area contributed by atoms with Gasteiger partial charge in [0.1, 0.15) is 17.4 Å². The van der Waals surface area contributed by atoms with Crippen LogP contribution in [0.5, 0.6) is 0 Å². The van der Waals surface area contributed by atoms with Gasteiger partial charge in [0.05, 0.1) is 5.02 Å². The lowest BCUT2D eigenvalue weighted by Gasteiger charge is -1.98. The van der Waals surface area contributed by atoms with E-state index in [-0.39, 0.29) is 0 Å². The van der Waals surface area contributed by atoms with Crippen LogP contribution >= 0.6 is 23.2 Å². The maximum absolute atomic E-state index is 9.33. The quantitative estimate of drug-likeness (QED) is 0.674. The van der Waals surface area contributed by atoms with E-state index in [0.29, 0.717) is 27.1 Å². The minimum absolute atomic E-state index is 0.458. The fraction of sp³-hybridized carbons (Fsp3) is 0. The third-order valence-corrected chi connectivity index (χ3v) is 3.28. The van der Waals surface area contributed by atoms with Gasteiger partial charge in [0.25, 0.3) is 0 Å². The number of aromatic nitrogens is 2. The summed E-state index contributed by atoms with van der Waals surface area (Å²) in [5.74, 6) is 0. The number of nitrogens with zero attached hydrogens (tertiary/aromatic N) is 3. The van der Waals surface area contributed by atoms with E-state index in [1.54, 1.807) is 34.9 Å². The van der Waals surface area contributed by atoms with E-state index in [2.05, 4.69) is 11.1 Å². The van der Waals surface area contributed by atoms with Crippen molar-refractivity contribution < 1.29 is 0 Å². The molecule has 1 aromatic carbocycles. The van der Waals surface area contributed by atoms with E-state index in [0.717, 1.165) is 5.56 Å². The summed E-state index contributed by atoms with van der Waals surface area (Å²) < 4.78 is 1.69. The molecule has 3 aromatic rings. The second-order valence-corrected chi connectivity index (χ2v) is 4.88. The fourth-order valence-corrected chi connectivity index (χ4v) is 2.22. The van der Waals surface area contributed by atoms with E-state index >= 15 is 0 Å². The molecule has 0 atom stereocenters. The standard InChI is InChI=1S/C14H7Cl2N3/c15-10-3-1-9(2-4-10)14-12(7-17)19-8-11(16)5-6-13(19)18-14/h1-6,8H. The Morgan fingerprint density at radius 2 is 1.68 bits per heavy atom. The van der Waals surface area contributed by atoms with Crippen LogP contribution in [-0.4, -0.2) is 9.38 Å². The first-order chi connectivity index (χ1) is 9.19. The van der Waals surface area contributed by atoms with Crippen molar-refractivity contribution in [3.8, 4) is 17.3 Å². The van der Waals surface area contributed by atoms with Crippen molar-refractivity contribution in [2.45, 2.75) is 0 Å². The van der Waals surface area contributed by atoms with Gasteiger partial charge < -0.3 is 0 Å². The summed E-state index contributed by atoms with van der Waals surface area (Å²) in [6, 6.07) is 12.9. The molecule has 0 spiro atoms. The number of nitriles is 1. The van der Waals surface area contributed by atoms with Gasteiger partial charge in [-0.2, -0.15) is 5.26 Å². The number of imidazole rings is 1. The number of pyridine rings is 1. The first-order valence-electron chi connectivity index (χ1n) is 5.52. The molecule has 0 bridgehead atoms. The third-order valence-electron chi connectivity index (χ3n) is 2.81. The number of halogens is 2. The second-order valence-electron chi connectivity index (χ2n) is 4.00. The first kappa shape index (κ1) is 12.0. The zero-order chi connectivity index (χ0) is 13.4. The maximum atomic E-state index is 9.33. The van der Waals surface area contributed by atoms with Gasteiger partial charge in [0.15, 0.2) is 5.69 Å². The van der Waals surface area contributed by atoms with Gasteiger partial charge in [-0.25, -0.2) is 4.98 Å². The SMILES string of the molecule is N#Cc1c(-c2ccc(Cl)cc2)nc2ccc(Cl)cn12. The van der Waals surface area contributed by atoms with E-state index in [4.69, 9.17) is 23.2 Å². The Morgan fingerprint density at radius 3 is 2.37 bits per heavy atom. The van der Waals surface area contributed by atoms with Crippen molar-refractivity contribution in [1.82, 2.24) is 9.38 Å². The van der Waals surface area contributed by atoms with Crippen LogP contribution < -0.4 is 0 Å². The summed E-state index contributed by atoms with van der Waals surface area (Å²) in [4.78, 5) is 4.46. The number of fused-ring (bicyclic) bond motifs is 1. The molecule has 0 radical (unpaired) electrons. The Bertz CT molecular complexity index is 798. The molecule has 0 aliphatic carbocycles. The molecule has 0 N–H and O–H groups in total. The van der Waals surface area contributed by atoms with Crippen molar-refractivity contribution in [2.24, 2.45) is 0 Å². The molecule has 0 fully saturated rings. The summed E-state index contributed by atoms with van der Waals surface area (Å²) in [7, 11) is 0. The summed E-state index contributed by atoms with van der Waals surface area (Å²) in [5.41, 5.74) is 2.62. The number of hydrogen-bond donors (Lipinski definition) is 0. The summed E-state index contributed by atoms with van der Waals surface area (Å²) in [6.07, 6.45) is 1.68. The van der Waals surface area contributed by atoms with Crippen molar-refractivity contribution in [3.63, 3.8) is 0 Å². The lowest BCUT2D eigenvalue weighted by atomic mass is 10.1. The minimum Gasteiger partial charge on any atom is -0.289 e. The Balaban J connectivity index is 2.29. The van der Waals surface area contributed by atoms with Crippen LogP contribution in [0.15, 0.2) is 42.6 Å². The summed E-state index contributed by atoms with van der Waals surface area (Å²) >= 11 is 11.8. The highest BCUT2D eigenvalue weighted by Crippen LogP contribution is 2.26. The van der Waals surface area contributed by atoms with Gasteiger partial charge in [-0.15, -0.1) is 0 Å². The topological polar surface area (TPSA) is 41.1 Å². The van der Waals surface area contributed by atoms with E-state index < -0.39 is 0 Å². The highest BCUT2D eigenvalue weighted by Gasteiger charge is 2.13. The average Bonchev–Trinajstić information content (AvgIpc) is 2.77. The summed E-state index contributed by atoms with van der Waals surface area (Å²) in [6.45, 7) is 0. The lowest BCUT2D eigenvalue weighted by molar-refractivity contribution is 1.15. The maximum Gasteiger partial charge on any atom is 0.152 e. The van der Waals surface area contributed by atoms with Crippen LogP contribution in [-0.2, 0) is 0 Å². The average molecular weight is 288 g/mol. The molecule has 0 aliphatic rings. The molecule has 0 saturated carbocycles. The zero-order valence-electron chi connectivity index (χ0n) is 9.64. The predicted octanol–water partition coefficient (Wildman–Crippen LogP) is 4.18. The highest BCUT2D eigenvalue weighted by atomic mass is 35.5.